The van der Waals surface area contributed by atoms with Crippen LogP contribution in [0.1, 0.15) is 11.1 Å². The molecular formula is C8H8F3N3O3. The summed E-state index contributed by atoms with van der Waals surface area (Å²) in [6, 6.07) is 0. The fourth-order valence-electron chi connectivity index (χ4n) is 1.21. The Kier molecular flexibility index (Phi) is 3.51. The maximum absolute atomic E-state index is 12.0. The number of hydrogen-bond acceptors (Lipinski definition) is 5. The highest BCUT2D eigenvalue weighted by molar-refractivity contribution is 5.51. The lowest BCUT2D eigenvalue weighted by Crippen LogP contribution is -2.19. The molecule has 0 fully saturated rings. The number of aromatic nitrogens is 1. The van der Waals surface area contributed by atoms with Crippen LogP contribution in [0, 0.1) is 17.0 Å². The van der Waals surface area contributed by atoms with Gasteiger partial charge >= 0.3 is 17.9 Å². The summed E-state index contributed by atoms with van der Waals surface area (Å²) in [6.07, 6.45) is -4.02. The van der Waals surface area contributed by atoms with Crippen LogP contribution < -0.4 is 10.5 Å². The minimum Gasteiger partial charge on any atom is -0.381 e. The number of ether oxygens (including phenoxy) is 1. The second-order valence-corrected chi connectivity index (χ2v) is 3.07. The van der Waals surface area contributed by atoms with E-state index in [2.05, 4.69) is 9.72 Å². The van der Waals surface area contributed by atoms with Crippen LogP contribution in [0.2, 0.25) is 0 Å². The number of alkyl halides is 3. The van der Waals surface area contributed by atoms with Crippen molar-refractivity contribution in [3.8, 4) is 5.88 Å². The van der Waals surface area contributed by atoms with Crippen LogP contribution in [0.4, 0.5) is 18.9 Å². The Hall–Kier alpha value is -1.90. The third-order valence-corrected chi connectivity index (χ3v) is 1.99. The van der Waals surface area contributed by atoms with Crippen LogP contribution in [0.15, 0.2) is 6.20 Å². The van der Waals surface area contributed by atoms with Crippen LogP contribution in [-0.4, -0.2) is 16.3 Å². The van der Waals surface area contributed by atoms with Gasteiger partial charge in [-0.3, -0.25) is 10.1 Å². The predicted molar refractivity (Wildman–Crippen MR) is 50.2 cm³/mol. The van der Waals surface area contributed by atoms with Crippen LogP contribution in [0.25, 0.3) is 0 Å². The summed E-state index contributed by atoms with van der Waals surface area (Å²) in [5, 5.41) is 10.7. The quantitative estimate of drug-likeness (QED) is 0.651. The summed E-state index contributed by atoms with van der Waals surface area (Å²) in [5.74, 6) is -1.09. The standard InChI is InChI=1S/C8H8F3N3O3/c1-4-5(2-12)3-13-7(6(4)14(15)16)17-8(9,10)11/h3H,2,12H2,1H3. The first-order valence-corrected chi connectivity index (χ1v) is 4.35. The Morgan fingerprint density at radius 1 is 1.59 bits per heavy atom. The highest BCUT2D eigenvalue weighted by Gasteiger charge is 2.36. The van der Waals surface area contributed by atoms with Gasteiger partial charge in [-0.1, -0.05) is 0 Å². The Morgan fingerprint density at radius 2 is 2.18 bits per heavy atom. The maximum atomic E-state index is 12.0. The van der Waals surface area contributed by atoms with E-state index in [0.29, 0.717) is 0 Å². The third kappa shape index (κ3) is 3.03. The molecule has 1 heterocycles. The molecule has 0 bridgehead atoms. The maximum Gasteiger partial charge on any atom is 0.574 e. The van der Waals surface area contributed by atoms with Gasteiger partial charge in [-0.25, -0.2) is 4.98 Å². The van der Waals surface area contributed by atoms with Gasteiger partial charge < -0.3 is 10.5 Å². The van der Waals surface area contributed by atoms with Crippen LogP contribution in [0.3, 0.4) is 0 Å². The molecule has 94 valence electrons. The van der Waals surface area contributed by atoms with Crippen molar-refractivity contribution in [2.24, 2.45) is 5.73 Å². The van der Waals surface area contributed by atoms with Crippen LogP contribution in [0.5, 0.6) is 5.88 Å². The number of hydrogen-bond donors (Lipinski definition) is 1. The van der Waals surface area contributed by atoms with E-state index in [9.17, 15) is 23.3 Å². The topological polar surface area (TPSA) is 91.3 Å². The van der Waals surface area contributed by atoms with E-state index in [0.717, 1.165) is 6.20 Å². The first-order chi connectivity index (χ1) is 7.76. The molecule has 9 heteroatoms. The first-order valence-electron chi connectivity index (χ1n) is 4.35. The predicted octanol–water partition coefficient (Wildman–Crippen LogP) is 1.66. The molecule has 1 aromatic heterocycles. The molecule has 0 saturated heterocycles. The Balaban J connectivity index is 3.32. The third-order valence-electron chi connectivity index (χ3n) is 1.99. The molecule has 2 N–H and O–H groups in total. The van der Waals surface area contributed by atoms with E-state index in [1.165, 1.54) is 6.92 Å². The SMILES string of the molecule is Cc1c(CN)cnc(OC(F)(F)F)c1[N+](=O)[O-]. The zero-order valence-electron chi connectivity index (χ0n) is 8.61. The second-order valence-electron chi connectivity index (χ2n) is 3.07. The second kappa shape index (κ2) is 4.53. The Labute approximate surface area is 93.3 Å². The summed E-state index contributed by atoms with van der Waals surface area (Å²) < 4.78 is 39.4. The van der Waals surface area contributed by atoms with E-state index in [4.69, 9.17) is 5.73 Å². The van der Waals surface area contributed by atoms with Crippen molar-refractivity contribution in [3.63, 3.8) is 0 Å². The average Bonchev–Trinajstić information content (AvgIpc) is 2.14. The summed E-state index contributed by atoms with van der Waals surface area (Å²) >= 11 is 0. The number of nitro groups is 1. The zero-order chi connectivity index (χ0) is 13.2. The molecule has 0 radical (unpaired) electrons. The van der Waals surface area contributed by atoms with Gasteiger partial charge in [0.05, 0.1) is 4.92 Å². The number of halogens is 3. The first kappa shape index (κ1) is 13.2. The molecule has 0 unspecified atom stereocenters. The summed E-state index contributed by atoms with van der Waals surface area (Å²) in [6.45, 7) is 1.22. The van der Waals surface area contributed by atoms with E-state index in [1.807, 2.05) is 0 Å². The molecule has 6 nitrogen and oxygen atoms in total. The van der Waals surface area contributed by atoms with Crippen LogP contribution in [-0.2, 0) is 6.54 Å². The van der Waals surface area contributed by atoms with Crippen molar-refractivity contribution >= 4 is 5.69 Å². The van der Waals surface area contributed by atoms with Gasteiger partial charge in [-0.15, -0.1) is 13.2 Å². The lowest BCUT2D eigenvalue weighted by molar-refractivity contribution is -0.389. The molecule has 0 atom stereocenters. The molecule has 0 aliphatic carbocycles. The van der Waals surface area contributed by atoms with Crippen molar-refractivity contribution in [3.05, 3.63) is 27.4 Å². The van der Waals surface area contributed by atoms with Gasteiger partial charge in [0.25, 0.3) is 0 Å². The molecule has 1 aromatic rings. The summed E-state index contributed by atoms with van der Waals surface area (Å²) in [7, 11) is 0. The molecule has 0 aliphatic rings. The van der Waals surface area contributed by atoms with Gasteiger partial charge in [0.2, 0.25) is 0 Å². The van der Waals surface area contributed by atoms with Crippen molar-refractivity contribution < 1.29 is 22.8 Å². The monoisotopic (exact) mass is 251 g/mol. The molecule has 1 rings (SSSR count). The molecule has 0 spiro atoms. The van der Waals surface area contributed by atoms with Crippen molar-refractivity contribution in [1.82, 2.24) is 4.98 Å². The van der Waals surface area contributed by atoms with Crippen molar-refractivity contribution in [2.45, 2.75) is 19.8 Å². The van der Waals surface area contributed by atoms with Gasteiger partial charge in [0, 0.05) is 18.3 Å². The molecule has 0 amide bonds. The number of rotatable bonds is 3. The molecule has 0 aliphatic heterocycles. The average molecular weight is 251 g/mol. The molecule has 17 heavy (non-hydrogen) atoms. The number of nitrogens with zero attached hydrogens (tertiary/aromatic N) is 2. The van der Waals surface area contributed by atoms with E-state index in [-0.39, 0.29) is 17.7 Å². The van der Waals surface area contributed by atoms with E-state index in [1.54, 1.807) is 0 Å². The fraction of sp³-hybridized carbons (Fsp3) is 0.375. The minimum atomic E-state index is -5.03. The summed E-state index contributed by atoms with van der Waals surface area (Å²) in [4.78, 5) is 12.9. The lowest BCUT2D eigenvalue weighted by Gasteiger charge is -2.10. The normalized spacial score (nSPS) is 11.4. The largest absolute Gasteiger partial charge is 0.574 e. The number of pyridine rings is 1. The minimum absolute atomic E-state index is 0.00625. The van der Waals surface area contributed by atoms with Gasteiger partial charge in [-0.2, -0.15) is 0 Å². The highest BCUT2D eigenvalue weighted by Crippen LogP contribution is 2.33. The van der Waals surface area contributed by atoms with E-state index < -0.39 is 22.9 Å². The molecular weight excluding hydrogens is 243 g/mol. The van der Waals surface area contributed by atoms with Gasteiger partial charge in [0.1, 0.15) is 0 Å². The van der Waals surface area contributed by atoms with Crippen molar-refractivity contribution in [1.29, 1.82) is 0 Å². The lowest BCUT2D eigenvalue weighted by atomic mass is 10.1. The zero-order valence-corrected chi connectivity index (χ0v) is 8.61. The number of nitrogens with two attached hydrogens (primary N) is 1. The Bertz CT molecular complexity index is 448. The van der Waals surface area contributed by atoms with Gasteiger partial charge in [-0.05, 0) is 12.5 Å². The molecule has 0 saturated carbocycles. The highest BCUT2D eigenvalue weighted by atomic mass is 19.4. The molecule has 0 aromatic carbocycles. The fourth-order valence-corrected chi connectivity index (χ4v) is 1.21. The van der Waals surface area contributed by atoms with E-state index >= 15 is 0 Å². The van der Waals surface area contributed by atoms with Crippen LogP contribution >= 0.6 is 0 Å². The Morgan fingerprint density at radius 3 is 2.59 bits per heavy atom. The smallest absolute Gasteiger partial charge is 0.381 e. The van der Waals surface area contributed by atoms with Crippen molar-refractivity contribution in [2.75, 3.05) is 0 Å². The van der Waals surface area contributed by atoms with Gasteiger partial charge in [0.15, 0.2) is 0 Å². The summed E-state index contributed by atoms with van der Waals surface area (Å²) in [5.41, 5.74) is 4.73.